The minimum Gasteiger partial charge on any atom is -1.00 e. The van der Waals surface area contributed by atoms with Crippen molar-refractivity contribution in [2.75, 3.05) is 0 Å². The van der Waals surface area contributed by atoms with Crippen molar-refractivity contribution in [3.05, 3.63) is 0 Å². The summed E-state index contributed by atoms with van der Waals surface area (Å²) in [7, 11) is 0. The molecule has 0 atom stereocenters. The fourth-order valence-corrected chi connectivity index (χ4v) is 0. The van der Waals surface area contributed by atoms with Gasteiger partial charge in [0.25, 0.3) is 0 Å². The van der Waals surface area contributed by atoms with Gasteiger partial charge in [-0.3, -0.25) is 0 Å². The van der Waals surface area contributed by atoms with Crippen LogP contribution >= 0.6 is 0 Å². The van der Waals surface area contributed by atoms with Crippen LogP contribution < -0.4 is 17.0 Å². The van der Waals surface area contributed by atoms with Crippen molar-refractivity contribution in [3.8, 4) is 0 Å². The smallest absolute Gasteiger partial charge is 1.00 e. The van der Waals surface area contributed by atoms with Crippen LogP contribution in [0.2, 0.25) is 0 Å². The van der Waals surface area contributed by atoms with E-state index in [0.29, 0.717) is 0 Å². The fraction of sp³-hybridized carbons (Fsp3) is 0. The van der Waals surface area contributed by atoms with E-state index in [1.807, 2.05) is 0 Å². The summed E-state index contributed by atoms with van der Waals surface area (Å²) in [6.07, 6.45) is 0. The van der Waals surface area contributed by atoms with Gasteiger partial charge in [0.05, 0.1) is 0 Å². The first-order chi connectivity index (χ1) is 0. The van der Waals surface area contributed by atoms with Crippen molar-refractivity contribution < 1.29 is 27.9 Å². The van der Waals surface area contributed by atoms with Gasteiger partial charge in [0, 0.05) is 0 Å². The number of halogens is 1. The molecule has 0 fully saturated rings. The topological polar surface area (TPSA) is 60.0 Å². The van der Waals surface area contributed by atoms with E-state index < -0.39 is 0 Å². The van der Waals surface area contributed by atoms with Crippen molar-refractivity contribution in [1.82, 2.24) is 0 Å². The van der Waals surface area contributed by atoms with Crippen LogP contribution in [0.3, 0.4) is 0 Å². The molecule has 2 N–H and O–H groups in total. The van der Waals surface area contributed by atoms with E-state index in [4.69, 9.17) is 0 Å². The zero-order chi connectivity index (χ0) is 0. The summed E-state index contributed by atoms with van der Waals surface area (Å²) in [6.45, 7) is 0. The second-order valence-corrected chi connectivity index (χ2v) is 0. The summed E-state index contributed by atoms with van der Waals surface area (Å²) in [5.74, 6) is 0. The van der Waals surface area contributed by atoms with Crippen molar-refractivity contribution >= 4 is 17.4 Å². The van der Waals surface area contributed by atoms with E-state index in [1.54, 1.807) is 0 Å². The maximum atomic E-state index is 0. The molecule has 0 aliphatic heterocycles. The third-order valence-electron chi connectivity index (χ3n) is 0. The average Bonchev–Trinajstić information content (AvgIpc) is 0. The monoisotopic (exact) mass is 140 g/mol. The SMILES string of the molecule is [Al+3].[Br-].[OH-].[OH-]. The standard InChI is InChI=1S/Al.BrH.2H2O/h;1H;2*1H2/q+3;;;/p-3. The molecule has 2 nitrogen and oxygen atoms in total. The minimum atomic E-state index is 0. The van der Waals surface area contributed by atoms with Crippen LogP contribution in [-0.2, 0) is 0 Å². The second kappa shape index (κ2) is 38.9. The van der Waals surface area contributed by atoms with Gasteiger partial charge in [0.1, 0.15) is 0 Å². The fourth-order valence-electron chi connectivity index (χ4n) is 0. The largest absolute Gasteiger partial charge is 3.00 e. The first-order valence-electron chi connectivity index (χ1n) is 0. The molecule has 0 radical (unpaired) electrons. The summed E-state index contributed by atoms with van der Waals surface area (Å²) in [4.78, 5) is 0. The molecule has 0 saturated heterocycles. The summed E-state index contributed by atoms with van der Waals surface area (Å²) in [5.41, 5.74) is 0. The Labute approximate surface area is 45.7 Å². The third kappa shape index (κ3) is 12.6. The second-order valence-electron chi connectivity index (χ2n) is 0. The maximum Gasteiger partial charge on any atom is 3.00 e. The van der Waals surface area contributed by atoms with E-state index >= 15 is 0 Å². The molecule has 0 unspecified atom stereocenters. The molecule has 0 aromatic heterocycles. The van der Waals surface area contributed by atoms with E-state index in [2.05, 4.69) is 0 Å². The van der Waals surface area contributed by atoms with Crippen LogP contribution in [-0.4, -0.2) is 28.3 Å². The van der Waals surface area contributed by atoms with Gasteiger partial charge >= 0.3 is 17.4 Å². The van der Waals surface area contributed by atoms with Gasteiger partial charge in [-0.25, -0.2) is 0 Å². The number of rotatable bonds is 0. The van der Waals surface area contributed by atoms with Gasteiger partial charge in [-0.1, -0.05) is 0 Å². The molecule has 24 valence electrons. The van der Waals surface area contributed by atoms with Gasteiger partial charge in [-0.2, -0.15) is 0 Å². The van der Waals surface area contributed by atoms with Crippen molar-refractivity contribution in [2.45, 2.75) is 0 Å². The average molecular weight is 141 g/mol. The maximum absolute atomic E-state index is 0. The molecule has 0 aliphatic rings. The van der Waals surface area contributed by atoms with Gasteiger partial charge in [-0.05, 0) is 0 Å². The predicted molar refractivity (Wildman–Crippen MR) is 9.63 cm³/mol. The van der Waals surface area contributed by atoms with Crippen LogP contribution in [0.15, 0.2) is 0 Å². The van der Waals surface area contributed by atoms with Crippen molar-refractivity contribution in [1.29, 1.82) is 0 Å². The van der Waals surface area contributed by atoms with E-state index in [9.17, 15) is 0 Å². The Bertz CT molecular complexity index is 6.00. The van der Waals surface area contributed by atoms with Crippen molar-refractivity contribution in [2.24, 2.45) is 0 Å². The first kappa shape index (κ1) is 87.7. The van der Waals surface area contributed by atoms with Gasteiger partial charge in [0.2, 0.25) is 0 Å². The molecule has 0 aromatic carbocycles. The van der Waals surface area contributed by atoms with E-state index in [0.717, 1.165) is 0 Å². The predicted octanol–water partition coefficient (Wildman–Crippen LogP) is -3.73. The summed E-state index contributed by atoms with van der Waals surface area (Å²) in [6, 6.07) is 0. The minimum absolute atomic E-state index is 0. The molecule has 0 saturated carbocycles. The molecule has 0 aliphatic carbocycles. The Hall–Kier alpha value is 0.932. The molecule has 0 aromatic rings. The van der Waals surface area contributed by atoms with Crippen LogP contribution in [0.1, 0.15) is 0 Å². The molecule has 0 heterocycles. The summed E-state index contributed by atoms with van der Waals surface area (Å²) in [5, 5.41) is 0. The van der Waals surface area contributed by atoms with Crippen LogP contribution in [0.4, 0.5) is 0 Å². The quantitative estimate of drug-likeness (QED) is 0.325. The van der Waals surface area contributed by atoms with Gasteiger partial charge in [0.15, 0.2) is 0 Å². The Kier molecular flexibility index (Phi) is 853. The zero-order valence-electron chi connectivity index (χ0n) is 1.85. The van der Waals surface area contributed by atoms with Gasteiger partial charge in [-0.15, -0.1) is 0 Å². The molecule has 0 amide bonds. The van der Waals surface area contributed by atoms with E-state index in [-0.39, 0.29) is 45.3 Å². The summed E-state index contributed by atoms with van der Waals surface area (Å²) >= 11 is 0. The number of hydrogen-bond acceptors (Lipinski definition) is 2. The van der Waals surface area contributed by atoms with Crippen LogP contribution in [0.25, 0.3) is 0 Å². The van der Waals surface area contributed by atoms with E-state index in [1.165, 1.54) is 0 Å². The molecular formula is H2AlBrO2. The molecular weight excluding hydrogens is 139 g/mol. The number of hydrogen-bond donors (Lipinski definition) is 0. The Morgan fingerprint density at radius 2 is 0.750 bits per heavy atom. The molecule has 0 bridgehead atoms. The third-order valence-corrected chi connectivity index (χ3v) is 0. The molecule has 0 rings (SSSR count). The Morgan fingerprint density at radius 1 is 0.750 bits per heavy atom. The molecule has 4 heavy (non-hydrogen) atoms. The van der Waals surface area contributed by atoms with Gasteiger partial charge < -0.3 is 27.9 Å². The molecule has 0 spiro atoms. The zero-order valence-corrected chi connectivity index (χ0v) is 4.59. The van der Waals surface area contributed by atoms with Crippen LogP contribution in [0.5, 0.6) is 0 Å². The normalized spacial score (nSPS) is 0. The summed E-state index contributed by atoms with van der Waals surface area (Å²) < 4.78 is 0. The first-order valence-corrected chi connectivity index (χ1v) is 0. The molecule has 4 heteroatoms. The van der Waals surface area contributed by atoms with Crippen molar-refractivity contribution in [3.63, 3.8) is 0 Å². The Morgan fingerprint density at radius 3 is 0.750 bits per heavy atom. The van der Waals surface area contributed by atoms with Crippen LogP contribution in [0, 0.1) is 0 Å². The Balaban J connectivity index is 0.